The topological polar surface area (TPSA) is 49.5 Å². The molecule has 0 amide bonds. The molecule has 0 spiro atoms. The van der Waals surface area contributed by atoms with E-state index in [2.05, 4.69) is 18.7 Å². The second-order valence-electron chi connectivity index (χ2n) is 4.39. The monoisotopic (exact) mass is 172 g/mol. The fraction of sp³-hybridized carbons (Fsp3) is 1.00. The number of likely N-dealkylation sites (tertiary alicyclic amines) is 1. The lowest BCUT2D eigenvalue weighted by Crippen LogP contribution is -2.28. The van der Waals surface area contributed by atoms with Crippen molar-refractivity contribution >= 4 is 0 Å². The summed E-state index contributed by atoms with van der Waals surface area (Å²) in [6, 6.07) is 0. The predicted octanol–water partition coefficient (Wildman–Crippen LogP) is -0.105. The van der Waals surface area contributed by atoms with Gasteiger partial charge in [0.25, 0.3) is 0 Å². The number of hydrogen-bond acceptors (Lipinski definition) is 3. The van der Waals surface area contributed by atoms with E-state index in [1.54, 1.807) is 0 Å². The van der Waals surface area contributed by atoms with Gasteiger partial charge in [-0.3, -0.25) is 0 Å². The molecule has 3 N–H and O–H groups in total. The van der Waals surface area contributed by atoms with Crippen LogP contribution in [-0.2, 0) is 0 Å². The third kappa shape index (κ3) is 1.97. The standard InChI is InChI=1S/C9H20N2O/c1-9(2)7-11(4-3-10)5-8(9)6-12/h8,12H,3-7,10H2,1-2H3. The molecule has 1 atom stereocenters. The summed E-state index contributed by atoms with van der Waals surface area (Å²) in [5.41, 5.74) is 5.73. The van der Waals surface area contributed by atoms with Crippen molar-refractivity contribution < 1.29 is 5.11 Å². The third-order valence-electron chi connectivity index (χ3n) is 2.88. The normalized spacial score (nSPS) is 29.5. The molecule has 0 aromatic carbocycles. The van der Waals surface area contributed by atoms with Gasteiger partial charge in [-0.05, 0) is 5.41 Å². The lowest BCUT2D eigenvalue weighted by molar-refractivity contribution is 0.161. The Morgan fingerprint density at radius 2 is 2.25 bits per heavy atom. The summed E-state index contributed by atoms with van der Waals surface area (Å²) in [4.78, 5) is 2.33. The van der Waals surface area contributed by atoms with Crippen LogP contribution < -0.4 is 5.73 Å². The maximum Gasteiger partial charge on any atom is 0.0477 e. The van der Waals surface area contributed by atoms with E-state index in [0.29, 0.717) is 19.1 Å². The SMILES string of the molecule is CC1(C)CN(CCN)CC1CO. The lowest BCUT2D eigenvalue weighted by Gasteiger charge is -2.23. The van der Waals surface area contributed by atoms with Gasteiger partial charge >= 0.3 is 0 Å². The summed E-state index contributed by atoms with van der Waals surface area (Å²) < 4.78 is 0. The van der Waals surface area contributed by atoms with E-state index in [-0.39, 0.29) is 5.41 Å². The van der Waals surface area contributed by atoms with Crippen molar-refractivity contribution in [3.8, 4) is 0 Å². The van der Waals surface area contributed by atoms with Crippen LogP contribution in [0.15, 0.2) is 0 Å². The zero-order valence-electron chi connectivity index (χ0n) is 8.08. The number of nitrogens with two attached hydrogens (primary N) is 1. The zero-order valence-corrected chi connectivity index (χ0v) is 8.08. The Labute approximate surface area is 74.5 Å². The van der Waals surface area contributed by atoms with E-state index < -0.39 is 0 Å². The number of rotatable bonds is 3. The molecule has 1 aliphatic heterocycles. The van der Waals surface area contributed by atoms with E-state index in [0.717, 1.165) is 19.6 Å². The second kappa shape index (κ2) is 3.73. The maximum absolute atomic E-state index is 9.13. The zero-order chi connectivity index (χ0) is 9.19. The summed E-state index contributed by atoms with van der Waals surface area (Å²) in [6.07, 6.45) is 0. The van der Waals surface area contributed by atoms with Crippen LogP contribution in [0.2, 0.25) is 0 Å². The minimum absolute atomic E-state index is 0.254. The first-order chi connectivity index (χ1) is 5.60. The average molecular weight is 172 g/mol. The van der Waals surface area contributed by atoms with Gasteiger partial charge in [-0.15, -0.1) is 0 Å². The molecule has 12 heavy (non-hydrogen) atoms. The van der Waals surface area contributed by atoms with Crippen LogP contribution in [0.25, 0.3) is 0 Å². The van der Waals surface area contributed by atoms with Crippen LogP contribution in [-0.4, -0.2) is 42.8 Å². The molecule has 1 aliphatic rings. The largest absolute Gasteiger partial charge is 0.396 e. The summed E-state index contributed by atoms with van der Waals surface area (Å²) in [5.74, 6) is 0.420. The van der Waals surface area contributed by atoms with E-state index in [9.17, 15) is 0 Å². The Hall–Kier alpha value is -0.120. The van der Waals surface area contributed by atoms with Gasteiger partial charge in [0, 0.05) is 38.7 Å². The molecule has 72 valence electrons. The first kappa shape index (κ1) is 9.96. The van der Waals surface area contributed by atoms with Crippen molar-refractivity contribution in [3.05, 3.63) is 0 Å². The van der Waals surface area contributed by atoms with Crippen LogP contribution in [0.4, 0.5) is 0 Å². The Kier molecular flexibility index (Phi) is 3.09. The molecule has 1 fully saturated rings. The van der Waals surface area contributed by atoms with Crippen LogP contribution in [0.1, 0.15) is 13.8 Å². The average Bonchev–Trinajstić information content (AvgIpc) is 2.25. The van der Waals surface area contributed by atoms with Gasteiger partial charge in [-0.25, -0.2) is 0 Å². The van der Waals surface area contributed by atoms with Crippen molar-refractivity contribution in [1.82, 2.24) is 4.90 Å². The van der Waals surface area contributed by atoms with Gasteiger partial charge in [0.15, 0.2) is 0 Å². The highest BCUT2D eigenvalue weighted by Gasteiger charge is 2.38. The molecule has 3 nitrogen and oxygen atoms in total. The number of hydrogen-bond donors (Lipinski definition) is 2. The van der Waals surface area contributed by atoms with Gasteiger partial charge in [0.05, 0.1) is 0 Å². The third-order valence-corrected chi connectivity index (χ3v) is 2.88. The van der Waals surface area contributed by atoms with Gasteiger partial charge in [0.1, 0.15) is 0 Å². The van der Waals surface area contributed by atoms with Crippen molar-refractivity contribution in [2.45, 2.75) is 13.8 Å². The molecular formula is C9H20N2O. The molecule has 3 heteroatoms. The molecule has 0 aromatic rings. The van der Waals surface area contributed by atoms with Crippen LogP contribution in [0.5, 0.6) is 0 Å². The molecule has 0 aliphatic carbocycles. The maximum atomic E-state index is 9.13. The van der Waals surface area contributed by atoms with Gasteiger partial charge in [-0.1, -0.05) is 13.8 Å². The highest BCUT2D eigenvalue weighted by atomic mass is 16.3. The molecule has 0 bridgehead atoms. The summed E-state index contributed by atoms with van der Waals surface area (Å²) in [6.45, 7) is 8.47. The van der Waals surface area contributed by atoms with Gasteiger partial charge in [-0.2, -0.15) is 0 Å². The lowest BCUT2D eigenvalue weighted by atomic mass is 9.83. The minimum Gasteiger partial charge on any atom is -0.396 e. The van der Waals surface area contributed by atoms with Crippen molar-refractivity contribution in [2.75, 3.05) is 32.8 Å². The first-order valence-electron chi connectivity index (χ1n) is 4.63. The van der Waals surface area contributed by atoms with Crippen LogP contribution >= 0.6 is 0 Å². The Morgan fingerprint density at radius 3 is 2.67 bits per heavy atom. The van der Waals surface area contributed by atoms with Gasteiger partial charge in [0.2, 0.25) is 0 Å². The second-order valence-corrected chi connectivity index (χ2v) is 4.39. The van der Waals surface area contributed by atoms with Crippen molar-refractivity contribution in [2.24, 2.45) is 17.1 Å². The molecule has 0 aromatic heterocycles. The Morgan fingerprint density at radius 1 is 1.58 bits per heavy atom. The number of aliphatic hydroxyl groups is 1. The smallest absolute Gasteiger partial charge is 0.0477 e. The molecule has 0 radical (unpaired) electrons. The summed E-state index contributed by atoms with van der Waals surface area (Å²) in [5, 5.41) is 9.13. The van der Waals surface area contributed by atoms with Gasteiger partial charge < -0.3 is 15.7 Å². The van der Waals surface area contributed by atoms with Crippen LogP contribution in [0.3, 0.4) is 0 Å². The summed E-state index contributed by atoms with van der Waals surface area (Å²) in [7, 11) is 0. The first-order valence-corrected chi connectivity index (χ1v) is 4.63. The molecular weight excluding hydrogens is 152 g/mol. The highest BCUT2D eigenvalue weighted by molar-refractivity contribution is 4.90. The number of aliphatic hydroxyl groups excluding tert-OH is 1. The molecule has 1 heterocycles. The molecule has 1 saturated heterocycles. The minimum atomic E-state index is 0.254. The fourth-order valence-electron chi connectivity index (χ4n) is 1.99. The van der Waals surface area contributed by atoms with E-state index in [1.165, 1.54) is 0 Å². The quantitative estimate of drug-likeness (QED) is 0.625. The highest BCUT2D eigenvalue weighted by Crippen LogP contribution is 2.34. The molecule has 1 unspecified atom stereocenters. The summed E-state index contributed by atoms with van der Waals surface area (Å²) >= 11 is 0. The Balaban J connectivity index is 2.48. The van der Waals surface area contributed by atoms with Crippen molar-refractivity contribution in [3.63, 3.8) is 0 Å². The molecule has 0 saturated carbocycles. The van der Waals surface area contributed by atoms with Crippen LogP contribution in [0, 0.1) is 11.3 Å². The van der Waals surface area contributed by atoms with E-state index in [4.69, 9.17) is 10.8 Å². The number of nitrogens with zero attached hydrogens (tertiary/aromatic N) is 1. The predicted molar refractivity (Wildman–Crippen MR) is 49.9 cm³/mol. The fourth-order valence-corrected chi connectivity index (χ4v) is 1.99. The molecule has 1 rings (SSSR count). The Bertz CT molecular complexity index is 147. The van der Waals surface area contributed by atoms with E-state index >= 15 is 0 Å². The van der Waals surface area contributed by atoms with E-state index in [1.807, 2.05) is 0 Å². The van der Waals surface area contributed by atoms with Crippen molar-refractivity contribution in [1.29, 1.82) is 0 Å².